The molecule has 41 heavy (non-hydrogen) atoms. The van der Waals surface area contributed by atoms with Crippen molar-refractivity contribution in [3.05, 3.63) is 47.5 Å². The second kappa shape index (κ2) is 9.70. The van der Waals surface area contributed by atoms with Gasteiger partial charge in [-0.1, -0.05) is 65.0 Å². The van der Waals surface area contributed by atoms with Crippen LogP contribution in [0.3, 0.4) is 0 Å². The summed E-state index contributed by atoms with van der Waals surface area (Å²) < 4.78 is 6.25. The smallest absolute Gasteiger partial charge is 0.338 e. The molecule has 0 aliphatic heterocycles. The van der Waals surface area contributed by atoms with Gasteiger partial charge in [-0.2, -0.15) is 0 Å². The van der Waals surface area contributed by atoms with E-state index in [1.165, 1.54) is 50.5 Å². The minimum Gasteiger partial charge on any atom is -0.461 e. The summed E-state index contributed by atoms with van der Waals surface area (Å²) in [6.07, 6.45) is 11.8. The fraction of sp³-hybridized carbons (Fsp3) is 0.763. The number of carbonyl (C=O) groups is 1. The SMILES string of the molecule is C=C(C)[C@@H]1CC[C@]2(COC(=O)c3ccccc3C)CC[C@]3(C)[C@H](CC[C@@H]4[C@@]5(C)CC[C@H](O)C(C)(C)[C@@H]5CC[C@]43C)[C@@H]12. The van der Waals surface area contributed by atoms with Gasteiger partial charge in [0.15, 0.2) is 0 Å². The molecule has 5 aliphatic carbocycles. The highest BCUT2D eigenvalue weighted by Crippen LogP contribution is 2.77. The van der Waals surface area contributed by atoms with Gasteiger partial charge in [0.05, 0.1) is 18.3 Å². The monoisotopic (exact) mass is 560 g/mol. The molecule has 0 unspecified atom stereocenters. The molecule has 6 rings (SSSR count). The Hall–Kier alpha value is -1.61. The molecule has 1 aromatic rings. The molecule has 1 N–H and O–H groups in total. The van der Waals surface area contributed by atoms with Gasteiger partial charge in [-0.15, -0.1) is 0 Å². The molecular weight excluding hydrogens is 504 g/mol. The van der Waals surface area contributed by atoms with Gasteiger partial charge in [0.2, 0.25) is 0 Å². The first kappa shape index (κ1) is 29.5. The number of hydrogen-bond acceptors (Lipinski definition) is 3. The molecule has 5 aliphatic rings. The largest absolute Gasteiger partial charge is 0.461 e. The summed E-state index contributed by atoms with van der Waals surface area (Å²) in [6.45, 7) is 22.0. The standard InChI is InChI=1S/C38H56O3/c1-24(2)26-15-20-38(23-41-33(40)27-12-10-9-11-25(27)3)22-21-36(7)28(32(26)38)13-14-30-35(6)18-17-31(39)34(4,5)29(35)16-19-37(30,36)8/h9-12,26,28-32,39H,1,13-23H2,2-8H3/t26-,28+,29-,30+,31-,32+,35-,36+,37+,38+/m0/s1. The molecule has 5 fully saturated rings. The van der Waals surface area contributed by atoms with Gasteiger partial charge in [-0.25, -0.2) is 4.79 Å². The van der Waals surface area contributed by atoms with Crippen LogP contribution in [0.2, 0.25) is 0 Å². The lowest BCUT2D eigenvalue weighted by Gasteiger charge is -2.73. The van der Waals surface area contributed by atoms with E-state index in [9.17, 15) is 9.90 Å². The first-order valence-corrected chi connectivity index (χ1v) is 16.8. The second-order valence-electron chi connectivity index (χ2n) is 16.8. The Morgan fingerprint density at radius 2 is 1.63 bits per heavy atom. The maximum Gasteiger partial charge on any atom is 0.338 e. The van der Waals surface area contributed by atoms with E-state index < -0.39 is 0 Å². The third kappa shape index (κ3) is 4.02. The van der Waals surface area contributed by atoms with Gasteiger partial charge in [0, 0.05) is 5.41 Å². The van der Waals surface area contributed by atoms with Gasteiger partial charge in [0.1, 0.15) is 0 Å². The summed E-state index contributed by atoms with van der Waals surface area (Å²) >= 11 is 0. The molecule has 5 saturated carbocycles. The van der Waals surface area contributed by atoms with Crippen LogP contribution in [-0.4, -0.2) is 23.8 Å². The molecule has 0 aromatic heterocycles. The van der Waals surface area contributed by atoms with Gasteiger partial charge in [-0.05, 0) is 141 Å². The van der Waals surface area contributed by atoms with Crippen molar-refractivity contribution in [2.75, 3.05) is 6.61 Å². The van der Waals surface area contributed by atoms with Crippen LogP contribution in [0.5, 0.6) is 0 Å². The van der Waals surface area contributed by atoms with Crippen molar-refractivity contribution in [3.8, 4) is 0 Å². The summed E-state index contributed by atoms with van der Waals surface area (Å²) in [5.41, 5.74) is 3.94. The summed E-state index contributed by atoms with van der Waals surface area (Å²) in [7, 11) is 0. The van der Waals surface area contributed by atoms with Crippen molar-refractivity contribution in [1.29, 1.82) is 0 Å². The zero-order valence-corrected chi connectivity index (χ0v) is 27.0. The Morgan fingerprint density at radius 3 is 2.34 bits per heavy atom. The predicted molar refractivity (Wildman–Crippen MR) is 166 cm³/mol. The number of rotatable bonds is 4. The fourth-order valence-corrected chi connectivity index (χ4v) is 12.6. The van der Waals surface area contributed by atoms with Gasteiger partial charge < -0.3 is 9.84 Å². The molecular formula is C38H56O3. The predicted octanol–water partition coefficient (Wildman–Crippen LogP) is 9.17. The van der Waals surface area contributed by atoms with Crippen LogP contribution in [0.25, 0.3) is 0 Å². The first-order chi connectivity index (χ1) is 19.2. The Balaban J connectivity index is 1.32. The van der Waals surface area contributed by atoms with Crippen molar-refractivity contribution >= 4 is 5.97 Å². The minimum absolute atomic E-state index is 0.00864. The molecule has 0 bridgehead atoms. The summed E-state index contributed by atoms with van der Waals surface area (Å²) in [6, 6.07) is 7.82. The van der Waals surface area contributed by atoms with Crippen LogP contribution in [-0.2, 0) is 4.74 Å². The molecule has 3 heteroatoms. The zero-order valence-electron chi connectivity index (χ0n) is 27.0. The van der Waals surface area contributed by atoms with Crippen LogP contribution >= 0.6 is 0 Å². The van der Waals surface area contributed by atoms with Gasteiger partial charge in [0.25, 0.3) is 0 Å². The quantitative estimate of drug-likeness (QED) is 0.295. The van der Waals surface area contributed by atoms with Crippen LogP contribution in [0.4, 0.5) is 0 Å². The highest BCUT2D eigenvalue weighted by Gasteiger charge is 2.71. The topological polar surface area (TPSA) is 46.5 Å². The summed E-state index contributed by atoms with van der Waals surface area (Å²) in [4.78, 5) is 13.3. The van der Waals surface area contributed by atoms with Crippen molar-refractivity contribution in [2.24, 2.45) is 56.7 Å². The number of hydrogen-bond donors (Lipinski definition) is 1. The van der Waals surface area contributed by atoms with E-state index in [2.05, 4.69) is 48.1 Å². The maximum absolute atomic E-state index is 13.3. The zero-order chi connectivity index (χ0) is 29.6. The van der Waals surface area contributed by atoms with E-state index in [1.54, 1.807) is 0 Å². The molecule has 0 radical (unpaired) electrons. The molecule has 0 saturated heterocycles. The number of ether oxygens (including phenoxy) is 1. The van der Waals surface area contributed by atoms with Crippen molar-refractivity contribution in [3.63, 3.8) is 0 Å². The Kier molecular flexibility index (Phi) is 6.97. The molecule has 0 amide bonds. The van der Waals surface area contributed by atoms with Crippen molar-refractivity contribution in [1.82, 2.24) is 0 Å². The van der Waals surface area contributed by atoms with E-state index in [0.29, 0.717) is 52.6 Å². The van der Waals surface area contributed by atoms with Crippen molar-refractivity contribution in [2.45, 2.75) is 119 Å². The van der Waals surface area contributed by atoms with Crippen molar-refractivity contribution < 1.29 is 14.6 Å². The van der Waals surface area contributed by atoms with Gasteiger partial charge >= 0.3 is 5.97 Å². The summed E-state index contributed by atoms with van der Waals surface area (Å²) in [5, 5.41) is 11.0. The number of fused-ring (bicyclic) bond motifs is 7. The van der Waals surface area contributed by atoms with E-state index in [4.69, 9.17) is 4.74 Å². The van der Waals surface area contributed by atoms with Crippen LogP contribution < -0.4 is 0 Å². The third-order valence-electron chi connectivity index (χ3n) is 15.1. The third-order valence-corrected chi connectivity index (χ3v) is 15.1. The highest BCUT2D eigenvalue weighted by molar-refractivity contribution is 5.90. The van der Waals surface area contributed by atoms with E-state index in [0.717, 1.165) is 24.8 Å². The first-order valence-electron chi connectivity index (χ1n) is 16.8. The average Bonchev–Trinajstić information content (AvgIpc) is 3.31. The highest BCUT2D eigenvalue weighted by atomic mass is 16.5. The minimum atomic E-state index is -0.177. The molecule has 0 spiro atoms. The van der Waals surface area contributed by atoms with Crippen LogP contribution in [0.1, 0.15) is 122 Å². The lowest BCUT2D eigenvalue weighted by Crippen LogP contribution is -2.66. The number of aliphatic hydroxyl groups excluding tert-OH is 1. The number of esters is 1. The second-order valence-corrected chi connectivity index (χ2v) is 16.8. The Morgan fingerprint density at radius 1 is 0.902 bits per heavy atom. The number of aliphatic hydroxyl groups is 1. The van der Waals surface area contributed by atoms with Crippen LogP contribution in [0.15, 0.2) is 36.4 Å². The van der Waals surface area contributed by atoms with Gasteiger partial charge in [-0.3, -0.25) is 0 Å². The molecule has 226 valence electrons. The molecule has 1 aromatic carbocycles. The number of allylic oxidation sites excluding steroid dienone is 1. The molecule has 10 atom stereocenters. The summed E-state index contributed by atoms with van der Waals surface area (Å²) in [5.74, 6) is 2.84. The lowest BCUT2D eigenvalue weighted by molar-refractivity contribution is -0.249. The molecule has 0 heterocycles. The maximum atomic E-state index is 13.3. The fourth-order valence-electron chi connectivity index (χ4n) is 12.6. The molecule has 3 nitrogen and oxygen atoms in total. The van der Waals surface area contributed by atoms with E-state index in [-0.39, 0.29) is 28.3 Å². The number of aryl methyl sites for hydroxylation is 1. The Labute approximate surface area is 249 Å². The van der Waals surface area contributed by atoms with E-state index >= 15 is 0 Å². The van der Waals surface area contributed by atoms with E-state index in [1.807, 2.05) is 31.2 Å². The normalized spacial score (nSPS) is 46.4. The Bertz CT molecular complexity index is 1220. The lowest BCUT2D eigenvalue weighted by atomic mass is 9.32. The number of benzene rings is 1. The number of carbonyl (C=O) groups excluding carboxylic acids is 1. The van der Waals surface area contributed by atoms with Crippen LogP contribution in [0, 0.1) is 63.6 Å². The average molecular weight is 561 g/mol.